The molecule has 160 valence electrons. The zero-order valence-electron chi connectivity index (χ0n) is 18.4. The van der Waals surface area contributed by atoms with Crippen LogP contribution in [-0.2, 0) is 0 Å². The van der Waals surface area contributed by atoms with Gasteiger partial charge in [-0.3, -0.25) is 4.98 Å². The lowest BCUT2D eigenvalue weighted by atomic mass is 9.96. The third-order valence-electron chi connectivity index (χ3n) is 6.12. The lowest BCUT2D eigenvalue weighted by molar-refractivity contribution is 0.565. The summed E-state index contributed by atoms with van der Waals surface area (Å²) in [5.74, 6) is 0.961. The van der Waals surface area contributed by atoms with Gasteiger partial charge in [-0.05, 0) is 80.5 Å². The van der Waals surface area contributed by atoms with Crippen molar-refractivity contribution >= 4 is 23.0 Å². The molecule has 1 aliphatic heterocycles. The predicted octanol–water partition coefficient (Wildman–Crippen LogP) is 5.37. The number of thiocarbonyl (C=S) groups is 1. The third-order valence-corrected chi connectivity index (χ3v) is 6.43. The molecule has 1 fully saturated rings. The highest BCUT2D eigenvalue weighted by Crippen LogP contribution is 2.43. The van der Waals surface area contributed by atoms with E-state index in [4.69, 9.17) is 12.2 Å². The van der Waals surface area contributed by atoms with Gasteiger partial charge in [0.25, 0.3) is 0 Å². The van der Waals surface area contributed by atoms with E-state index in [9.17, 15) is 0 Å². The lowest BCUT2D eigenvalue weighted by Gasteiger charge is -2.28. The molecular weight excluding hydrogens is 414 g/mol. The molecule has 6 heteroatoms. The maximum atomic E-state index is 5.84. The molecule has 0 spiro atoms. The van der Waals surface area contributed by atoms with Gasteiger partial charge in [-0.1, -0.05) is 30.3 Å². The van der Waals surface area contributed by atoms with Crippen molar-refractivity contribution in [3.63, 3.8) is 0 Å². The molecule has 32 heavy (non-hydrogen) atoms. The van der Waals surface area contributed by atoms with Gasteiger partial charge in [0.05, 0.1) is 17.8 Å². The van der Waals surface area contributed by atoms with Crippen LogP contribution < -0.4 is 10.2 Å². The number of para-hydroxylation sites is 1. The second kappa shape index (κ2) is 8.20. The summed E-state index contributed by atoms with van der Waals surface area (Å²) in [5, 5.41) is 4.25. The van der Waals surface area contributed by atoms with Crippen LogP contribution in [0.4, 0.5) is 5.69 Å². The smallest absolute Gasteiger partial charge is 0.174 e. The zero-order chi connectivity index (χ0) is 22.2. The highest BCUT2D eigenvalue weighted by molar-refractivity contribution is 7.80. The molecule has 1 saturated heterocycles. The molecule has 0 amide bonds. The fourth-order valence-electron chi connectivity index (χ4n) is 4.66. The van der Waals surface area contributed by atoms with Gasteiger partial charge >= 0.3 is 0 Å². The molecule has 3 aromatic heterocycles. The largest absolute Gasteiger partial charge is 0.351 e. The number of aryl methyl sites for hydroxylation is 2. The van der Waals surface area contributed by atoms with E-state index in [2.05, 4.69) is 75.9 Å². The molecule has 1 N–H and O–H groups in total. The Bertz CT molecular complexity index is 1270. The predicted molar refractivity (Wildman–Crippen MR) is 132 cm³/mol. The summed E-state index contributed by atoms with van der Waals surface area (Å²) in [6.07, 6.45) is 3.68. The van der Waals surface area contributed by atoms with E-state index < -0.39 is 0 Å². The number of hydrogen-bond donors (Lipinski definition) is 1. The minimum atomic E-state index is -0.0670. The molecule has 5 nitrogen and oxygen atoms in total. The van der Waals surface area contributed by atoms with E-state index in [1.807, 2.05) is 48.8 Å². The fourth-order valence-corrected chi connectivity index (χ4v) is 5.01. The maximum absolute atomic E-state index is 5.84. The second-order valence-electron chi connectivity index (χ2n) is 8.14. The first-order chi connectivity index (χ1) is 15.6. The number of rotatable bonds is 4. The molecule has 1 aromatic carbocycles. The van der Waals surface area contributed by atoms with Gasteiger partial charge in [0.1, 0.15) is 5.82 Å². The van der Waals surface area contributed by atoms with E-state index in [0.717, 1.165) is 34.2 Å². The van der Waals surface area contributed by atoms with E-state index >= 15 is 0 Å². The number of aromatic nitrogens is 3. The standard InChI is InChI=1S/C26H25N5S/c1-17-10-9-15-28-25(17)30-18(2)16-21(19(30)3)24-23(22-13-7-8-14-27-22)29-26(32)31(24)20-11-5-4-6-12-20/h4-16,23-24H,1-3H3,(H,29,32)/t23-,24-/m0/s1. The van der Waals surface area contributed by atoms with Crippen molar-refractivity contribution in [2.75, 3.05) is 4.90 Å². The summed E-state index contributed by atoms with van der Waals surface area (Å²) in [7, 11) is 0. The van der Waals surface area contributed by atoms with Crippen LogP contribution in [0.2, 0.25) is 0 Å². The second-order valence-corrected chi connectivity index (χ2v) is 8.52. The molecule has 0 saturated carbocycles. The minimum Gasteiger partial charge on any atom is -0.351 e. The van der Waals surface area contributed by atoms with Crippen LogP contribution in [0.15, 0.2) is 79.1 Å². The molecule has 4 aromatic rings. The Morgan fingerprint density at radius 1 is 0.875 bits per heavy atom. The first-order valence-corrected chi connectivity index (χ1v) is 11.1. The molecule has 0 radical (unpaired) electrons. The summed E-state index contributed by atoms with van der Waals surface area (Å²) < 4.78 is 2.24. The van der Waals surface area contributed by atoms with Gasteiger partial charge in [-0.2, -0.15) is 0 Å². The van der Waals surface area contributed by atoms with Crippen LogP contribution in [0.3, 0.4) is 0 Å². The summed E-state index contributed by atoms with van der Waals surface area (Å²) in [5.41, 5.74) is 6.68. The SMILES string of the molecule is Cc1cccnc1-n1c(C)cc([C@H]2[C@H](c3ccccn3)NC(=S)N2c2ccccc2)c1C. The molecule has 5 rings (SSSR count). The Hall–Kier alpha value is -3.51. The van der Waals surface area contributed by atoms with E-state index in [-0.39, 0.29) is 12.1 Å². The Morgan fingerprint density at radius 2 is 1.62 bits per heavy atom. The van der Waals surface area contributed by atoms with Gasteiger partial charge < -0.3 is 14.8 Å². The van der Waals surface area contributed by atoms with Crippen LogP contribution in [-0.4, -0.2) is 19.6 Å². The minimum absolute atomic E-state index is 0.0382. The van der Waals surface area contributed by atoms with Crippen LogP contribution in [0.25, 0.3) is 5.82 Å². The Morgan fingerprint density at radius 3 is 2.34 bits per heavy atom. The van der Waals surface area contributed by atoms with Crippen molar-refractivity contribution in [1.82, 2.24) is 19.9 Å². The number of pyridine rings is 2. The Labute approximate surface area is 193 Å². The van der Waals surface area contributed by atoms with Crippen LogP contribution in [0.1, 0.15) is 40.3 Å². The summed E-state index contributed by atoms with van der Waals surface area (Å²) in [6.45, 7) is 6.39. The quantitative estimate of drug-likeness (QED) is 0.433. The van der Waals surface area contributed by atoms with Crippen molar-refractivity contribution in [1.29, 1.82) is 0 Å². The Balaban J connectivity index is 1.70. The fraction of sp³-hybridized carbons (Fsp3) is 0.192. The van der Waals surface area contributed by atoms with Crippen molar-refractivity contribution < 1.29 is 0 Å². The molecule has 0 unspecified atom stereocenters. The topological polar surface area (TPSA) is 46.0 Å². The van der Waals surface area contributed by atoms with Crippen molar-refractivity contribution in [2.45, 2.75) is 32.9 Å². The van der Waals surface area contributed by atoms with Gasteiger partial charge in [0.15, 0.2) is 5.11 Å². The Kier molecular flexibility index (Phi) is 5.23. The first-order valence-electron chi connectivity index (χ1n) is 10.7. The van der Waals surface area contributed by atoms with Gasteiger partial charge in [0.2, 0.25) is 0 Å². The van der Waals surface area contributed by atoms with Crippen LogP contribution in [0.5, 0.6) is 0 Å². The molecule has 2 atom stereocenters. The van der Waals surface area contributed by atoms with Crippen molar-refractivity contribution in [3.05, 3.63) is 107 Å². The number of anilines is 1. The van der Waals surface area contributed by atoms with E-state index in [1.54, 1.807) is 0 Å². The number of nitrogens with one attached hydrogen (secondary N) is 1. The molecular formula is C26H25N5S. The molecule has 0 aliphatic carbocycles. The van der Waals surface area contributed by atoms with Crippen molar-refractivity contribution in [3.8, 4) is 5.82 Å². The summed E-state index contributed by atoms with van der Waals surface area (Å²) in [4.78, 5) is 11.6. The first kappa shape index (κ1) is 20.4. The molecule has 1 aliphatic rings. The molecule has 0 bridgehead atoms. The average molecular weight is 440 g/mol. The maximum Gasteiger partial charge on any atom is 0.174 e. The van der Waals surface area contributed by atoms with E-state index in [0.29, 0.717) is 5.11 Å². The monoisotopic (exact) mass is 439 g/mol. The third kappa shape index (κ3) is 3.37. The highest BCUT2D eigenvalue weighted by atomic mass is 32.1. The van der Waals surface area contributed by atoms with Gasteiger partial charge in [-0.25, -0.2) is 4.98 Å². The zero-order valence-corrected chi connectivity index (χ0v) is 19.2. The van der Waals surface area contributed by atoms with Gasteiger partial charge in [0, 0.05) is 29.5 Å². The summed E-state index contributed by atoms with van der Waals surface area (Å²) in [6, 6.07) is 22.6. The van der Waals surface area contributed by atoms with Gasteiger partial charge in [-0.15, -0.1) is 0 Å². The average Bonchev–Trinajstić information content (AvgIpc) is 3.31. The number of nitrogens with zero attached hydrogens (tertiary/aromatic N) is 4. The summed E-state index contributed by atoms with van der Waals surface area (Å²) >= 11 is 5.84. The number of benzene rings is 1. The highest BCUT2D eigenvalue weighted by Gasteiger charge is 2.42. The van der Waals surface area contributed by atoms with E-state index in [1.165, 1.54) is 5.56 Å². The number of hydrogen-bond acceptors (Lipinski definition) is 3. The lowest BCUT2D eigenvalue weighted by Crippen LogP contribution is -2.29. The van der Waals surface area contributed by atoms with Crippen molar-refractivity contribution in [2.24, 2.45) is 0 Å². The normalized spacial score (nSPS) is 18.1. The van der Waals surface area contributed by atoms with Crippen LogP contribution in [0, 0.1) is 20.8 Å². The van der Waals surface area contributed by atoms with Crippen LogP contribution >= 0.6 is 12.2 Å². The molecule has 4 heterocycles.